The molecule has 2 heterocycles. The molecular formula is C26H33N3O4S. The van der Waals surface area contributed by atoms with Crippen molar-refractivity contribution in [2.75, 3.05) is 20.3 Å². The molecule has 1 aliphatic rings. The zero-order valence-corrected chi connectivity index (χ0v) is 21.1. The van der Waals surface area contributed by atoms with Crippen molar-refractivity contribution in [2.24, 2.45) is 0 Å². The number of benzene rings is 2. The number of sulfonamides is 1. The lowest BCUT2D eigenvalue weighted by Gasteiger charge is -2.25. The molecule has 182 valence electrons. The Morgan fingerprint density at radius 3 is 2.47 bits per heavy atom. The lowest BCUT2D eigenvalue weighted by atomic mass is 10.00. The number of aryl methyl sites for hydroxylation is 3. The van der Waals surface area contributed by atoms with Crippen LogP contribution < -0.4 is 4.74 Å². The summed E-state index contributed by atoms with van der Waals surface area (Å²) in [7, 11) is -2.20. The molecule has 1 saturated heterocycles. The van der Waals surface area contributed by atoms with Crippen LogP contribution in [-0.2, 0) is 27.8 Å². The number of nitrogens with zero attached hydrogens (tertiary/aromatic N) is 3. The lowest BCUT2D eigenvalue weighted by Crippen LogP contribution is -2.37. The molecule has 1 aliphatic heterocycles. The summed E-state index contributed by atoms with van der Waals surface area (Å²) in [6.45, 7) is 8.10. The van der Waals surface area contributed by atoms with E-state index in [0.29, 0.717) is 31.3 Å². The van der Waals surface area contributed by atoms with Gasteiger partial charge < -0.3 is 14.0 Å². The lowest BCUT2D eigenvalue weighted by molar-refractivity contribution is 0.0920. The Morgan fingerprint density at radius 2 is 1.85 bits per heavy atom. The van der Waals surface area contributed by atoms with Crippen molar-refractivity contribution in [1.29, 1.82) is 0 Å². The van der Waals surface area contributed by atoms with Gasteiger partial charge in [0.15, 0.2) is 0 Å². The van der Waals surface area contributed by atoms with Crippen molar-refractivity contribution >= 4 is 10.0 Å². The van der Waals surface area contributed by atoms with E-state index in [4.69, 9.17) is 9.47 Å². The second-order valence-corrected chi connectivity index (χ2v) is 10.9. The largest absolute Gasteiger partial charge is 0.497 e. The van der Waals surface area contributed by atoms with Crippen molar-refractivity contribution in [2.45, 2.75) is 57.7 Å². The molecule has 0 saturated carbocycles. The third-order valence-corrected chi connectivity index (χ3v) is 8.24. The Labute approximate surface area is 202 Å². The highest BCUT2D eigenvalue weighted by Gasteiger charge is 2.30. The molecule has 2 aromatic carbocycles. The van der Waals surface area contributed by atoms with Crippen molar-refractivity contribution < 1.29 is 17.9 Å². The van der Waals surface area contributed by atoms with E-state index in [1.807, 2.05) is 10.8 Å². The van der Waals surface area contributed by atoms with Crippen LogP contribution in [0.25, 0.3) is 0 Å². The SMILES string of the molecule is COc1ccc(S(=O)(=O)N(Cc2nccn2Cc2c(C)cc(C)cc2C)CC2CCCO2)cc1. The second-order valence-electron chi connectivity index (χ2n) is 8.96. The van der Waals surface area contributed by atoms with Crippen LogP contribution in [0, 0.1) is 20.8 Å². The first-order chi connectivity index (χ1) is 16.3. The van der Waals surface area contributed by atoms with Crippen LogP contribution in [0.1, 0.15) is 40.9 Å². The average molecular weight is 484 g/mol. The molecule has 8 heteroatoms. The molecule has 4 rings (SSSR count). The van der Waals surface area contributed by atoms with E-state index in [-0.39, 0.29) is 17.5 Å². The minimum absolute atomic E-state index is 0.113. The van der Waals surface area contributed by atoms with Gasteiger partial charge in [0.1, 0.15) is 11.6 Å². The first-order valence-corrected chi connectivity index (χ1v) is 13.0. The van der Waals surface area contributed by atoms with Gasteiger partial charge >= 0.3 is 0 Å². The Bertz CT molecular complexity index is 1210. The van der Waals surface area contributed by atoms with Crippen LogP contribution >= 0.6 is 0 Å². The van der Waals surface area contributed by atoms with Crippen LogP contribution in [0.3, 0.4) is 0 Å². The molecule has 0 amide bonds. The van der Waals surface area contributed by atoms with Crippen LogP contribution in [0.15, 0.2) is 53.7 Å². The van der Waals surface area contributed by atoms with Crippen molar-refractivity contribution in [3.05, 3.63) is 76.9 Å². The summed E-state index contributed by atoms with van der Waals surface area (Å²) < 4.78 is 41.8. The average Bonchev–Trinajstić information content (AvgIpc) is 3.48. The van der Waals surface area contributed by atoms with Crippen LogP contribution in [0.4, 0.5) is 0 Å². The molecular weight excluding hydrogens is 450 g/mol. The summed E-state index contributed by atoms with van der Waals surface area (Å²) in [6, 6.07) is 10.9. The number of methoxy groups -OCH3 is 1. The molecule has 0 spiro atoms. The van der Waals surface area contributed by atoms with Gasteiger partial charge in [0, 0.05) is 32.1 Å². The summed E-state index contributed by atoms with van der Waals surface area (Å²) >= 11 is 0. The topological polar surface area (TPSA) is 73.7 Å². The maximum atomic E-state index is 13.7. The maximum absolute atomic E-state index is 13.7. The van der Waals surface area contributed by atoms with Gasteiger partial charge in [-0.15, -0.1) is 0 Å². The van der Waals surface area contributed by atoms with Gasteiger partial charge in [-0.1, -0.05) is 17.7 Å². The third kappa shape index (κ3) is 5.35. The van der Waals surface area contributed by atoms with Crippen molar-refractivity contribution in [1.82, 2.24) is 13.9 Å². The standard InChI is InChI=1S/C26H33N3O4S/c1-19-14-20(2)25(21(3)15-19)17-28-12-11-27-26(28)18-29(16-23-6-5-13-33-23)34(30,31)24-9-7-22(32-4)8-10-24/h7-12,14-15,23H,5-6,13,16-18H2,1-4H3. The van der Waals surface area contributed by atoms with Gasteiger partial charge in [0.05, 0.1) is 24.7 Å². The van der Waals surface area contributed by atoms with Gasteiger partial charge in [0.2, 0.25) is 10.0 Å². The van der Waals surface area contributed by atoms with E-state index in [9.17, 15) is 8.42 Å². The fourth-order valence-electron chi connectivity index (χ4n) is 4.58. The predicted octanol–water partition coefficient (Wildman–Crippen LogP) is 4.24. The number of hydrogen-bond donors (Lipinski definition) is 0. The minimum Gasteiger partial charge on any atom is -0.497 e. The summed E-state index contributed by atoms with van der Waals surface area (Å²) in [5, 5.41) is 0. The molecule has 1 aromatic heterocycles. The van der Waals surface area contributed by atoms with Gasteiger partial charge in [0.25, 0.3) is 0 Å². The molecule has 0 radical (unpaired) electrons. The van der Waals surface area contributed by atoms with E-state index >= 15 is 0 Å². The molecule has 1 atom stereocenters. The minimum atomic E-state index is -3.76. The summed E-state index contributed by atoms with van der Waals surface area (Å²) in [6.07, 6.45) is 5.33. The predicted molar refractivity (Wildman–Crippen MR) is 132 cm³/mol. The van der Waals surface area contributed by atoms with Gasteiger partial charge in [-0.05, 0) is 74.6 Å². The van der Waals surface area contributed by atoms with E-state index in [0.717, 1.165) is 12.8 Å². The van der Waals surface area contributed by atoms with Gasteiger partial charge in [-0.2, -0.15) is 4.31 Å². The van der Waals surface area contributed by atoms with E-state index in [1.165, 1.54) is 26.6 Å². The van der Waals surface area contributed by atoms with Crippen LogP contribution in [0.5, 0.6) is 5.75 Å². The molecule has 7 nitrogen and oxygen atoms in total. The smallest absolute Gasteiger partial charge is 0.243 e. The molecule has 0 aliphatic carbocycles. The highest BCUT2D eigenvalue weighted by atomic mass is 32.2. The number of hydrogen-bond acceptors (Lipinski definition) is 5. The maximum Gasteiger partial charge on any atom is 0.243 e. The normalized spacial score (nSPS) is 16.3. The van der Waals surface area contributed by atoms with Crippen LogP contribution in [0.2, 0.25) is 0 Å². The first kappa shape index (κ1) is 24.4. The zero-order chi connectivity index (χ0) is 24.3. The van der Waals surface area contributed by atoms with Gasteiger partial charge in [-0.25, -0.2) is 13.4 Å². The number of imidazole rings is 1. The monoisotopic (exact) mass is 483 g/mol. The molecule has 1 unspecified atom stereocenters. The van der Waals surface area contributed by atoms with E-state index in [2.05, 4.69) is 37.9 Å². The number of aromatic nitrogens is 2. The third-order valence-electron chi connectivity index (χ3n) is 6.42. The summed E-state index contributed by atoms with van der Waals surface area (Å²) in [5.74, 6) is 1.32. The Kier molecular flexibility index (Phi) is 7.40. The Balaban J connectivity index is 1.63. The Morgan fingerprint density at radius 1 is 1.15 bits per heavy atom. The second kappa shape index (κ2) is 10.3. The summed E-state index contributed by atoms with van der Waals surface area (Å²) in [5.41, 5.74) is 4.91. The first-order valence-electron chi connectivity index (χ1n) is 11.6. The van der Waals surface area contributed by atoms with Crippen molar-refractivity contribution in [3.63, 3.8) is 0 Å². The molecule has 0 N–H and O–H groups in total. The van der Waals surface area contributed by atoms with Gasteiger partial charge in [-0.3, -0.25) is 0 Å². The number of rotatable bonds is 9. The van der Waals surface area contributed by atoms with Crippen molar-refractivity contribution in [3.8, 4) is 5.75 Å². The van der Waals surface area contributed by atoms with Crippen LogP contribution in [-0.4, -0.2) is 48.6 Å². The quantitative estimate of drug-likeness (QED) is 0.455. The molecule has 0 bridgehead atoms. The number of ether oxygens (including phenoxy) is 2. The fourth-order valence-corrected chi connectivity index (χ4v) is 6.01. The highest BCUT2D eigenvalue weighted by Crippen LogP contribution is 2.25. The summed E-state index contributed by atoms with van der Waals surface area (Å²) in [4.78, 5) is 4.77. The Hall–Kier alpha value is -2.68. The molecule has 1 fully saturated rings. The zero-order valence-electron chi connectivity index (χ0n) is 20.3. The fraction of sp³-hybridized carbons (Fsp3) is 0.423. The molecule has 3 aromatic rings. The molecule has 34 heavy (non-hydrogen) atoms. The highest BCUT2D eigenvalue weighted by molar-refractivity contribution is 7.89. The van der Waals surface area contributed by atoms with E-state index < -0.39 is 10.0 Å². The van der Waals surface area contributed by atoms with E-state index in [1.54, 1.807) is 37.6 Å².